The van der Waals surface area contributed by atoms with E-state index in [1.54, 1.807) is 24.1 Å². The average molecular weight is 311 g/mol. The third-order valence-electron chi connectivity index (χ3n) is 3.79. The molecule has 116 valence electrons. The highest BCUT2D eigenvalue weighted by atomic mass is 32.2. The number of hydrogen-bond donors (Lipinski definition) is 2. The van der Waals surface area contributed by atoms with E-state index >= 15 is 0 Å². The van der Waals surface area contributed by atoms with Gasteiger partial charge in [0.15, 0.2) is 9.84 Å². The standard InChI is InChI=1S/C14H21N3O3S/c1-10-3-4-11(7-13(10)15)16-14(18)8-17(2)12-5-6-21(19,20)9-12/h3-4,7,12H,5-6,8-9,15H2,1-2H3,(H,16,18). The topological polar surface area (TPSA) is 92.5 Å². The van der Waals surface area contributed by atoms with E-state index in [4.69, 9.17) is 5.73 Å². The van der Waals surface area contributed by atoms with Crippen LogP contribution in [0.5, 0.6) is 0 Å². The first-order chi connectivity index (χ1) is 9.77. The van der Waals surface area contributed by atoms with Gasteiger partial charge >= 0.3 is 0 Å². The highest BCUT2D eigenvalue weighted by Gasteiger charge is 2.31. The molecule has 1 heterocycles. The Morgan fingerprint density at radius 3 is 2.76 bits per heavy atom. The highest BCUT2D eigenvalue weighted by Crippen LogP contribution is 2.18. The summed E-state index contributed by atoms with van der Waals surface area (Å²) in [5.74, 6) is 0.164. The van der Waals surface area contributed by atoms with Gasteiger partial charge in [0.05, 0.1) is 18.1 Å². The minimum Gasteiger partial charge on any atom is -0.398 e. The number of sulfone groups is 1. The molecule has 1 atom stereocenters. The average Bonchev–Trinajstić information content (AvgIpc) is 2.74. The minimum atomic E-state index is -2.94. The number of carbonyl (C=O) groups is 1. The Balaban J connectivity index is 1.91. The second-order valence-corrected chi connectivity index (χ2v) is 7.82. The van der Waals surface area contributed by atoms with E-state index in [9.17, 15) is 13.2 Å². The Kier molecular flexibility index (Phi) is 4.53. The Morgan fingerprint density at radius 1 is 1.48 bits per heavy atom. The molecular formula is C14H21N3O3S. The van der Waals surface area contributed by atoms with Gasteiger partial charge in [-0.15, -0.1) is 0 Å². The fraction of sp³-hybridized carbons (Fsp3) is 0.500. The summed E-state index contributed by atoms with van der Waals surface area (Å²) >= 11 is 0. The van der Waals surface area contributed by atoms with Gasteiger partial charge in [-0.1, -0.05) is 6.07 Å². The minimum absolute atomic E-state index is 0.0798. The number of nitrogens with two attached hydrogens (primary N) is 1. The fourth-order valence-corrected chi connectivity index (χ4v) is 4.20. The van der Waals surface area contributed by atoms with Crippen LogP contribution in [0.15, 0.2) is 18.2 Å². The van der Waals surface area contributed by atoms with Crippen LogP contribution >= 0.6 is 0 Å². The van der Waals surface area contributed by atoms with Crippen LogP contribution in [-0.2, 0) is 14.6 Å². The van der Waals surface area contributed by atoms with E-state index < -0.39 is 9.84 Å². The Bertz CT molecular complexity index is 643. The summed E-state index contributed by atoms with van der Waals surface area (Å²) in [6.45, 7) is 2.06. The molecule has 6 nitrogen and oxygen atoms in total. The lowest BCUT2D eigenvalue weighted by molar-refractivity contribution is -0.117. The molecule has 0 aliphatic carbocycles. The lowest BCUT2D eigenvalue weighted by Gasteiger charge is -2.22. The number of carbonyl (C=O) groups excluding carboxylic acids is 1. The molecule has 21 heavy (non-hydrogen) atoms. The molecule has 7 heteroatoms. The summed E-state index contributed by atoms with van der Waals surface area (Å²) in [5, 5.41) is 2.78. The van der Waals surface area contributed by atoms with E-state index in [-0.39, 0.29) is 30.0 Å². The number of likely N-dealkylation sites (N-methyl/N-ethyl adjacent to an activating group) is 1. The zero-order valence-corrected chi connectivity index (χ0v) is 13.1. The predicted octanol–water partition coefficient (Wildman–Crippen LogP) is 0.635. The Morgan fingerprint density at radius 2 is 2.19 bits per heavy atom. The van der Waals surface area contributed by atoms with Crippen LogP contribution in [0.25, 0.3) is 0 Å². The van der Waals surface area contributed by atoms with Crippen LogP contribution in [0, 0.1) is 6.92 Å². The maximum Gasteiger partial charge on any atom is 0.238 e. The van der Waals surface area contributed by atoms with Crippen LogP contribution in [0.3, 0.4) is 0 Å². The van der Waals surface area contributed by atoms with Gasteiger partial charge in [0.2, 0.25) is 5.91 Å². The lowest BCUT2D eigenvalue weighted by Crippen LogP contribution is -2.38. The number of hydrogen-bond acceptors (Lipinski definition) is 5. The number of benzene rings is 1. The third kappa shape index (κ3) is 4.18. The van der Waals surface area contributed by atoms with Crippen LogP contribution < -0.4 is 11.1 Å². The number of aryl methyl sites for hydroxylation is 1. The predicted molar refractivity (Wildman–Crippen MR) is 83.9 cm³/mol. The quantitative estimate of drug-likeness (QED) is 0.796. The molecule has 1 aliphatic heterocycles. The van der Waals surface area contributed by atoms with Crippen molar-refractivity contribution in [2.24, 2.45) is 0 Å². The molecule has 1 aliphatic rings. The molecule has 0 bridgehead atoms. The summed E-state index contributed by atoms with van der Waals surface area (Å²) in [4.78, 5) is 13.8. The number of nitrogens with zero attached hydrogens (tertiary/aromatic N) is 1. The van der Waals surface area contributed by atoms with Gasteiger partial charge in [-0.05, 0) is 38.1 Å². The maximum absolute atomic E-state index is 12.0. The molecule has 1 saturated heterocycles. The van der Waals surface area contributed by atoms with Crippen molar-refractivity contribution in [3.63, 3.8) is 0 Å². The van der Waals surface area contributed by atoms with Crippen molar-refractivity contribution in [3.05, 3.63) is 23.8 Å². The molecule has 0 spiro atoms. The van der Waals surface area contributed by atoms with Gasteiger partial charge in [0.25, 0.3) is 0 Å². The fourth-order valence-electron chi connectivity index (χ4n) is 2.40. The number of nitrogen functional groups attached to an aromatic ring is 1. The molecule has 2 rings (SSSR count). The Labute approximate surface area is 125 Å². The van der Waals surface area contributed by atoms with Crippen LogP contribution in [0.2, 0.25) is 0 Å². The Hall–Kier alpha value is -1.60. The van der Waals surface area contributed by atoms with E-state index in [2.05, 4.69) is 5.32 Å². The number of rotatable bonds is 4. The molecule has 0 aromatic heterocycles. The molecule has 1 aromatic carbocycles. The van der Waals surface area contributed by atoms with E-state index in [1.807, 2.05) is 13.0 Å². The molecule has 1 fully saturated rings. The summed E-state index contributed by atoms with van der Waals surface area (Å²) in [5.41, 5.74) is 8.03. The van der Waals surface area contributed by atoms with Gasteiger partial charge in [-0.25, -0.2) is 8.42 Å². The first-order valence-electron chi connectivity index (χ1n) is 6.83. The number of amides is 1. The molecule has 1 amide bonds. The summed E-state index contributed by atoms with van der Waals surface area (Å²) in [6.07, 6.45) is 0.587. The largest absolute Gasteiger partial charge is 0.398 e. The normalized spacial score (nSPS) is 20.6. The van der Waals surface area contributed by atoms with Crippen LogP contribution in [-0.4, -0.2) is 50.4 Å². The number of anilines is 2. The van der Waals surface area contributed by atoms with Crippen molar-refractivity contribution in [1.82, 2.24) is 4.90 Å². The third-order valence-corrected chi connectivity index (χ3v) is 5.54. The summed E-state index contributed by atoms with van der Waals surface area (Å²) < 4.78 is 22.9. The van der Waals surface area contributed by atoms with Crippen molar-refractivity contribution in [3.8, 4) is 0 Å². The van der Waals surface area contributed by atoms with Gasteiger partial charge in [-0.2, -0.15) is 0 Å². The lowest BCUT2D eigenvalue weighted by atomic mass is 10.2. The molecule has 1 unspecified atom stereocenters. The molecule has 3 N–H and O–H groups in total. The summed E-state index contributed by atoms with van der Waals surface area (Å²) in [7, 11) is -1.16. The second kappa shape index (κ2) is 6.03. The maximum atomic E-state index is 12.0. The van der Waals surface area contributed by atoms with Crippen molar-refractivity contribution in [2.45, 2.75) is 19.4 Å². The summed E-state index contributed by atoms with van der Waals surface area (Å²) in [6, 6.07) is 5.28. The smallest absolute Gasteiger partial charge is 0.238 e. The molecular weight excluding hydrogens is 290 g/mol. The van der Waals surface area contributed by atoms with E-state index in [1.165, 1.54) is 0 Å². The van der Waals surface area contributed by atoms with Crippen molar-refractivity contribution >= 4 is 27.1 Å². The van der Waals surface area contributed by atoms with Crippen molar-refractivity contribution in [2.75, 3.05) is 36.1 Å². The SMILES string of the molecule is Cc1ccc(NC(=O)CN(C)C2CCS(=O)(=O)C2)cc1N. The van der Waals surface area contributed by atoms with Crippen LogP contribution in [0.1, 0.15) is 12.0 Å². The molecule has 1 aromatic rings. The van der Waals surface area contributed by atoms with Crippen LogP contribution in [0.4, 0.5) is 11.4 Å². The highest BCUT2D eigenvalue weighted by molar-refractivity contribution is 7.91. The van der Waals surface area contributed by atoms with E-state index in [0.29, 0.717) is 17.8 Å². The number of nitrogens with one attached hydrogen (secondary N) is 1. The zero-order chi connectivity index (χ0) is 15.6. The van der Waals surface area contributed by atoms with Gasteiger partial charge in [0.1, 0.15) is 0 Å². The van der Waals surface area contributed by atoms with Gasteiger partial charge in [0, 0.05) is 17.4 Å². The first-order valence-corrected chi connectivity index (χ1v) is 8.65. The zero-order valence-electron chi connectivity index (χ0n) is 12.3. The van der Waals surface area contributed by atoms with Crippen molar-refractivity contribution in [1.29, 1.82) is 0 Å². The first kappa shape index (κ1) is 15.8. The van der Waals surface area contributed by atoms with Crippen molar-refractivity contribution < 1.29 is 13.2 Å². The second-order valence-electron chi connectivity index (χ2n) is 5.59. The monoisotopic (exact) mass is 311 g/mol. The van der Waals surface area contributed by atoms with Gasteiger partial charge < -0.3 is 11.1 Å². The van der Waals surface area contributed by atoms with Gasteiger partial charge in [-0.3, -0.25) is 9.69 Å². The molecule has 0 radical (unpaired) electrons. The molecule has 0 saturated carbocycles. The van der Waals surface area contributed by atoms with E-state index in [0.717, 1.165) is 5.56 Å².